The lowest BCUT2D eigenvalue weighted by molar-refractivity contribution is 0.102. The standard InChI is InChI=1S/C17H20N2O4S/c1-3-4-11-24(21,22)14-8-5-7-13(12-14)17(20)19-16-15(23-2)9-6-10-18-16/h5-10,12H,3-4,11H2,1-2H3,(H,18,19,20). The molecule has 0 spiro atoms. The summed E-state index contributed by atoms with van der Waals surface area (Å²) in [5.74, 6) is 0.337. The van der Waals surface area contributed by atoms with Gasteiger partial charge in [-0.15, -0.1) is 0 Å². The van der Waals surface area contributed by atoms with Gasteiger partial charge in [0.1, 0.15) is 0 Å². The van der Waals surface area contributed by atoms with Crippen LogP contribution in [0.2, 0.25) is 0 Å². The van der Waals surface area contributed by atoms with Gasteiger partial charge in [-0.3, -0.25) is 4.79 Å². The lowest BCUT2D eigenvalue weighted by Crippen LogP contribution is -2.15. The van der Waals surface area contributed by atoms with E-state index in [-0.39, 0.29) is 22.0 Å². The molecule has 1 amide bonds. The van der Waals surface area contributed by atoms with Crippen LogP contribution in [0.4, 0.5) is 5.82 Å². The second-order valence-electron chi connectivity index (χ2n) is 5.21. The van der Waals surface area contributed by atoms with Crippen LogP contribution in [0.15, 0.2) is 47.5 Å². The molecule has 1 aromatic heterocycles. The minimum absolute atomic E-state index is 0.0721. The van der Waals surface area contributed by atoms with Gasteiger partial charge in [0, 0.05) is 11.8 Å². The molecule has 0 atom stereocenters. The molecule has 0 bridgehead atoms. The normalized spacial score (nSPS) is 11.1. The molecule has 0 aliphatic heterocycles. The van der Waals surface area contributed by atoms with Crippen LogP contribution >= 0.6 is 0 Å². The minimum atomic E-state index is -3.38. The number of anilines is 1. The molecule has 0 unspecified atom stereocenters. The summed E-state index contributed by atoms with van der Waals surface area (Å²) in [4.78, 5) is 16.6. The molecule has 0 fully saturated rings. The zero-order valence-electron chi connectivity index (χ0n) is 13.7. The van der Waals surface area contributed by atoms with Gasteiger partial charge in [0.25, 0.3) is 5.91 Å². The molecule has 0 saturated carbocycles. The Morgan fingerprint density at radius 3 is 2.75 bits per heavy atom. The van der Waals surface area contributed by atoms with Gasteiger partial charge in [-0.05, 0) is 36.8 Å². The molecule has 1 N–H and O–H groups in total. The Bertz CT molecular complexity index is 819. The topological polar surface area (TPSA) is 85.4 Å². The molecular weight excluding hydrogens is 328 g/mol. The Morgan fingerprint density at radius 2 is 2.04 bits per heavy atom. The number of carbonyl (C=O) groups excluding carboxylic acids is 1. The number of nitrogens with zero attached hydrogens (tertiary/aromatic N) is 1. The molecule has 2 aromatic rings. The minimum Gasteiger partial charge on any atom is -0.493 e. The van der Waals surface area contributed by atoms with Crippen molar-refractivity contribution in [3.63, 3.8) is 0 Å². The predicted octanol–water partition coefficient (Wildman–Crippen LogP) is 2.92. The van der Waals surface area contributed by atoms with E-state index in [0.29, 0.717) is 12.2 Å². The van der Waals surface area contributed by atoms with E-state index in [1.54, 1.807) is 24.3 Å². The number of ether oxygens (including phenoxy) is 1. The summed E-state index contributed by atoms with van der Waals surface area (Å²) in [5.41, 5.74) is 0.250. The maximum absolute atomic E-state index is 12.4. The number of aromatic nitrogens is 1. The number of nitrogens with one attached hydrogen (secondary N) is 1. The first kappa shape index (κ1) is 17.9. The van der Waals surface area contributed by atoms with Crippen molar-refractivity contribution in [2.24, 2.45) is 0 Å². The molecule has 0 aliphatic carbocycles. The number of benzene rings is 1. The maximum Gasteiger partial charge on any atom is 0.256 e. The van der Waals surface area contributed by atoms with Crippen molar-refractivity contribution >= 4 is 21.6 Å². The zero-order chi connectivity index (χ0) is 17.6. The van der Waals surface area contributed by atoms with Crippen LogP contribution in [0, 0.1) is 0 Å². The molecule has 6 nitrogen and oxygen atoms in total. The molecule has 0 saturated heterocycles. The number of unbranched alkanes of at least 4 members (excludes halogenated alkanes) is 1. The largest absolute Gasteiger partial charge is 0.493 e. The summed E-state index contributed by atoms with van der Waals surface area (Å²) >= 11 is 0. The third-order valence-corrected chi connectivity index (χ3v) is 5.24. The van der Waals surface area contributed by atoms with Crippen molar-refractivity contribution in [1.82, 2.24) is 4.98 Å². The molecule has 7 heteroatoms. The number of hydrogen-bond donors (Lipinski definition) is 1. The fourth-order valence-electron chi connectivity index (χ4n) is 2.11. The number of hydrogen-bond acceptors (Lipinski definition) is 5. The summed E-state index contributed by atoms with van der Waals surface area (Å²) in [6, 6.07) is 9.37. The van der Waals surface area contributed by atoms with Gasteiger partial charge in [0.05, 0.1) is 17.8 Å². The quantitative estimate of drug-likeness (QED) is 0.831. The highest BCUT2D eigenvalue weighted by Crippen LogP contribution is 2.21. The van der Waals surface area contributed by atoms with Gasteiger partial charge in [-0.2, -0.15) is 0 Å². The van der Waals surface area contributed by atoms with E-state index in [9.17, 15) is 13.2 Å². The molecule has 2 rings (SSSR count). The Morgan fingerprint density at radius 1 is 1.25 bits per heavy atom. The van der Waals surface area contributed by atoms with Crippen LogP contribution in [-0.2, 0) is 9.84 Å². The first-order valence-corrected chi connectivity index (χ1v) is 9.26. The number of sulfone groups is 1. The van der Waals surface area contributed by atoms with E-state index in [1.807, 2.05) is 6.92 Å². The number of rotatable bonds is 7. The van der Waals surface area contributed by atoms with Crippen molar-refractivity contribution in [3.05, 3.63) is 48.2 Å². The van der Waals surface area contributed by atoms with Gasteiger partial charge < -0.3 is 10.1 Å². The van der Waals surface area contributed by atoms with E-state index in [0.717, 1.165) is 6.42 Å². The van der Waals surface area contributed by atoms with Crippen LogP contribution in [0.25, 0.3) is 0 Å². The van der Waals surface area contributed by atoms with Crippen LogP contribution in [0.1, 0.15) is 30.1 Å². The van der Waals surface area contributed by atoms with Gasteiger partial charge >= 0.3 is 0 Å². The van der Waals surface area contributed by atoms with Gasteiger partial charge in [-0.25, -0.2) is 13.4 Å². The second-order valence-corrected chi connectivity index (χ2v) is 7.32. The summed E-state index contributed by atoms with van der Waals surface area (Å²) in [7, 11) is -1.90. The molecule has 24 heavy (non-hydrogen) atoms. The van der Waals surface area contributed by atoms with Gasteiger partial charge in [-0.1, -0.05) is 19.4 Å². The highest BCUT2D eigenvalue weighted by molar-refractivity contribution is 7.91. The van der Waals surface area contributed by atoms with Crippen LogP contribution in [0.5, 0.6) is 5.75 Å². The molecule has 1 aromatic carbocycles. The van der Waals surface area contributed by atoms with E-state index in [2.05, 4.69) is 10.3 Å². The fourth-order valence-corrected chi connectivity index (χ4v) is 3.61. The van der Waals surface area contributed by atoms with Crippen LogP contribution in [0.3, 0.4) is 0 Å². The van der Waals surface area contributed by atoms with E-state index >= 15 is 0 Å². The van der Waals surface area contributed by atoms with E-state index < -0.39 is 15.7 Å². The van der Waals surface area contributed by atoms with Gasteiger partial charge in [0.2, 0.25) is 0 Å². The van der Waals surface area contributed by atoms with Crippen molar-refractivity contribution in [2.45, 2.75) is 24.7 Å². The summed E-state index contributed by atoms with van der Waals surface area (Å²) in [5, 5.41) is 2.63. The van der Waals surface area contributed by atoms with Crippen molar-refractivity contribution in [3.8, 4) is 5.75 Å². The lowest BCUT2D eigenvalue weighted by atomic mass is 10.2. The zero-order valence-corrected chi connectivity index (χ0v) is 14.5. The predicted molar refractivity (Wildman–Crippen MR) is 92.1 cm³/mol. The van der Waals surface area contributed by atoms with E-state index in [1.165, 1.54) is 25.4 Å². The van der Waals surface area contributed by atoms with Crippen molar-refractivity contribution in [2.75, 3.05) is 18.2 Å². The Hall–Kier alpha value is -2.41. The lowest BCUT2D eigenvalue weighted by Gasteiger charge is -2.09. The number of carbonyl (C=O) groups is 1. The Balaban J connectivity index is 2.23. The summed E-state index contributed by atoms with van der Waals surface area (Å²) in [6.45, 7) is 1.93. The molecule has 1 heterocycles. The maximum atomic E-state index is 12.4. The monoisotopic (exact) mass is 348 g/mol. The smallest absolute Gasteiger partial charge is 0.256 e. The number of pyridine rings is 1. The average Bonchev–Trinajstić information content (AvgIpc) is 2.60. The third-order valence-electron chi connectivity index (χ3n) is 3.44. The van der Waals surface area contributed by atoms with Crippen LogP contribution in [-0.4, -0.2) is 32.2 Å². The summed E-state index contributed by atoms with van der Waals surface area (Å²) < 4.78 is 29.7. The van der Waals surface area contributed by atoms with E-state index in [4.69, 9.17) is 4.74 Å². The summed E-state index contributed by atoms with van der Waals surface area (Å²) in [6.07, 6.45) is 2.91. The average molecular weight is 348 g/mol. The third kappa shape index (κ3) is 4.32. The molecule has 128 valence electrons. The number of amides is 1. The highest BCUT2D eigenvalue weighted by atomic mass is 32.2. The van der Waals surface area contributed by atoms with Crippen LogP contribution < -0.4 is 10.1 Å². The SMILES string of the molecule is CCCCS(=O)(=O)c1cccc(C(=O)Nc2ncccc2OC)c1. The highest BCUT2D eigenvalue weighted by Gasteiger charge is 2.17. The van der Waals surface area contributed by atoms with Crippen molar-refractivity contribution in [1.29, 1.82) is 0 Å². The molecular formula is C17H20N2O4S. The Kier molecular flexibility index (Phi) is 5.92. The number of methoxy groups -OCH3 is 1. The second kappa shape index (κ2) is 7.92. The first-order valence-electron chi connectivity index (χ1n) is 7.61. The molecule has 0 radical (unpaired) electrons. The van der Waals surface area contributed by atoms with Crippen molar-refractivity contribution < 1.29 is 17.9 Å². The fraction of sp³-hybridized carbons (Fsp3) is 0.294. The molecule has 0 aliphatic rings. The Labute approximate surface area is 141 Å². The first-order chi connectivity index (χ1) is 11.5. The van der Waals surface area contributed by atoms with Gasteiger partial charge in [0.15, 0.2) is 21.4 Å².